The normalized spacial score (nSPS) is 11.9. The number of esters is 1. The molecule has 16 heavy (non-hydrogen) atoms. The highest BCUT2D eigenvalue weighted by Gasteiger charge is 2.15. The molecule has 0 radical (unpaired) electrons. The van der Waals surface area contributed by atoms with Gasteiger partial charge in [0.25, 0.3) is 0 Å². The van der Waals surface area contributed by atoms with E-state index in [0.29, 0.717) is 12.4 Å². The van der Waals surface area contributed by atoms with Crippen molar-refractivity contribution in [2.45, 2.75) is 19.4 Å². The third-order valence-corrected chi connectivity index (χ3v) is 2.23. The molecular weight excluding hydrogens is 206 g/mol. The van der Waals surface area contributed by atoms with Gasteiger partial charge in [-0.1, -0.05) is 18.2 Å². The number of hydrogen-bond donors (Lipinski definition) is 1. The number of carbonyl (C=O) groups excluding carboxylic acids is 1. The lowest BCUT2D eigenvalue weighted by atomic mass is 10.0. The van der Waals surface area contributed by atoms with Gasteiger partial charge in [-0.15, -0.1) is 0 Å². The van der Waals surface area contributed by atoms with Crippen LogP contribution in [0.25, 0.3) is 0 Å². The maximum Gasteiger partial charge on any atom is 0.307 e. The van der Waals surface area contributed by atoms with Crippen LogP contribution in [0.4, 0.5) is 0 Å². The van der Waals surface area contributed by atoms with Gasteiger partial charge in [-0.2, -0.15) is 0 Å². The maximum absolute atomic E-state index is 11.3. The van der Waals surface area contributed by atoms with Crippen LogP contribution in [-0.4, -0.2) is 19.7 Å². The van der Waals surface area contributed by atoms with Gasteiger partial charge in [-0.25, -0.2) is 0 Å². The highest BCUT2D eigenvalue weighted by molar-refractivity contribution is 5.70. The van der Waals surface area contributed by atoms with Crippen molar-refractivity contribution in [1.82, 2.24) is 0 Å². The van der Waals surface area contributed by atoms with Gasteiger partial charge in [0.2, 0.25) is 0 Å². The molecule has 0 aliphatic rings. The van der Waals surface area contributed by atoms with Gasteiger partial charge >= 0.3 is 5.97 Å². The molecule has 4 heteroatoms. The molecule has 88 valence electrons. The Morgan fingerprint density at radius 3 is 2.75 bits per heavy atom. The van der Waals surface area contributed by atoms with Crippen molar-refractivity contribution in [1.29, 1.82) is 0 Å². The Bertz CT molecular complexity index is 352. The molecule has 1 atom stereocenters. The highest BCUT2D eigenvalue weighted by Crippen LogP contribution is 2.25. The molecule has 1 aromatic rings. The molecule has 1 rings (SSSR count). The lowest BCUT2D eigenvalue weighted by molar-refractivity contribution is -0.143. The molecule has 0 spiro atoms. The second-order valence-electron chi connectivity index (χ2n) is 3.36. The Hall–Kier alpha value is -1.55. The Morgan fingerprint density at radius 1 is 1.44 bits per heavy atom. The second-order valence-corrected chi connectivity index (χ2v) is 3.36. The third kappa shape index (κ3) is 3.24. The summed E-state index contributed by atoms with van der Waals surface area (Å²) in [7, 11) is 1.58. The summed E-state index contributed by atoms with van der Waals surface area (Å²) in [4.78, 5) is 11.3. The standard InChI is InChI=1S/C12H17NO3/c1-3-16-12(14)8-10(13)9-6-4-5-7-11(9)15-2/h4-7,10H,3,8,13H2,1-2H3/t10-/m0/s1. The Balaban J connectivity index is 2.72. The Kier molecular flexibility index (Phi) is 4.79. The van der Waals surface area contributed by atoms with E-state index >= 15 is 0 Å². The number of ether oxygens (including phenoxy) is 2. The van der Waals surface area contributed by atoms with Crippen LogP contribution in [0.15, 0.2) is 24.3 Å². The molecule has 0 saturated heterocycles. The predicted octanol–water partition coefficient (Wildman–Crippen LogP) is 1.65. The van der Waals surface area contributed by atoms with Crippen molar-refractivity contribution in [3.63, 3.8) is 0 Å². The molecule has 0 saturated carbocycles. The van der Waals surface area contributed by atoms with Crippen molar-refractivity contribution in [2.24, 2.45) is 5.73 Å². The van der Waals surface area contributed by atoms with Gasteiger partial charge in [0.15, 0.2) is 0 Å². The van der Waals surface area contributed by atoms with E-state index in [4.69, 9.17) is 15.2 Å². The summed E-state index contributed by atoms with van der Waals surface area (Å²) in [6, 6.07) is 7.00. The monoisotopic (exact) mass is 223 g/mol. The van der Waals surface area contributed by atoms with E-state index in [1.54, 1.807) is 14.0 Å². The summed E-state index contributed by atoms with van der Waals surface area (Å²) < 4.78 is 10.0. The molecule has 1 aromatic carbocycles. The van der Waals surface area contributed by atoms with Gasteiger partial charge < -0.3 is 15.2 Å². The van der Waals surface area contributed by atoms with Crippen LogP contribution in [0.3, 0.4) is 0 Å². The van der Waals surface area contributed by atoms with Crippen molar-refractivity contribution >= 4 is 5.97 Å². The number of carbonyl (C=O) groups is 1. The van der Waals surface area contributed by atoms with Crippen LogP contribution >= 0.6 is 0 Å². The molecule has 0 unspecified atom stereocenters. The molecule has 0 heterocycles. The molecule has 4 nitrogen and oxygen atoms in total. The minimum atomic E-state index is -0.393. The molecule has 2 N–H and O–H groups in total. The average molecular weight is 223 g/mol. The molecule has 0 fully saturated rings. The van der Waals surface area contributed by atoms with Crippen molar-refractivity contribution in [3.05, 3.63) is 29.8 Å². The van der Waals surface area contributed by atoms with Crippen LogP contribution in [0, 0.1) is 0 Å². The highest BCUT2D eigenvalue weighted by atomic mass is 16.5. The fourth-order valence-corrected chi connectivity index (χ4v) is 1.48. The van der Waals surface area contributed by atoms with Crippen LogP contribution in [-0.2, 0) is 9.53 Å². The molecule has 0 amide bonds. The fraction of sp³-hybridized carbons (Fsp3) is 0.417. The van der Waals surface area contributed by atoms with E-state index in [1.165, 1.54) is 0 Å². The molecule has 0 bridgehead atoms. The van der Waals surface area contributed by atoms with E-state index < -0.39 is 6.04 Å². The smallest absolute Gasteiger partial charge is 0.307 e. The number of hydrogen-bond acceptors (Lipinski definition) is 4. The summed E-state index contributed by atoms with van der Waals surface area (Å²) in [5, 5.41) is 0. The Morgan fingerprint density at radius 2 is 2.12 bits per heavy atom. The van der Waals surface area contributed by atoms with E-state index in [2.05, 4.69) is 0 Å². The van der Waals surface area contributed by atoms with Crippen LogP contribution in [0.5, 0.6) is 5.75 Å². The van der Waals surface area contributed by atoms with Gasteiger partial charge in [0, 0.05) is 11.6 Å². The average Bonchev–Trinajstić information content (AvgIpc) is 2.29. The van der Waals surface area contributed by atoms with E-state index in [1.807, 2.05) is 24.3 Å². The molecule has 0 aromatic heterocycles. The van der Waals surface area contributed by atoms with Crippen molar-refractivity contribution < 1.29 is 14.3 Å². The Labute approximate surface area is 95.3 Å². The zero-order valence-electron chi connectivity index (χ0n) is 9.60. The van der Waals surface area contributed by atoms with Gasteiger partial charge in [-0.3, -0.25) is 4.79 Å². The molecule has 0 aliphatic carbocycles. The largest absolute Gasteiger partial charge is 0.496 e. The van der Waals surface area contributed by atoms with Crippen LogP contribution in [0.1, 0.15) is 24.9 Å². The molecular formula is C12H17NO3. The zero-order valence-corrected chi connectivity index (χ0v) is 9.60. The first-order chi connectivity index (χ1) is 7.69. The SMILES string of the molecule is CCOC(=O)C[C@H](N)c1ccccc1OC. The van der Waals surface area contributed by atoms with E-state index in [0.717, 1.165) is 5.56 Å². The quantitative estimate of drug-likeness (QED) is 0.771. The minimum absolute atomic E-state index is 0.161. The van der Waals surface area contributed by atoms with Crippen LogP contribution in [0.2, 0.25) is 0 Å². The minimum Gasteiger partial charge on any atom is -0.496 e. The summed E-state index contributed by atoms with van der Waals surface area (Å²) in [5.41, 5.74) is 6.74. The third-order valence-electron chi connectivity index (χ3n) is 2.23. The second kappa shape index (κ2) is 6.12. The zero-order chi connectivity index (χ0) is 12.0. The van der Waals surface area contributed by atoms with E-state index in [9.17, 15) is 4.79 Å². The summed E-state index contributed by atoms with van der Waals surface area (Å²) >= 11 is 0. The van der Waals surface area contributed by atoms with Crippen molar-refractivity contribution in [3.8, 4) is 5.75 Å². The van der Waals surface area contributed by atoms with Crippen LogP contribution < -0.4 is 10.5 Å². The van der Waals surface area contributed by atoms with Gasteiger partial charge in [0.1, 0.15) is 5.75 Å². The first-order valence-electron chi connectivity index (χ1n) is 5.23. The lowest BCUT2D eigenvalue weighted by Gasteiger charge is -2.14. The first kappa shape index (κ1) is 12.5. The topological polar surface area (TPSA) is 61.5 Å². The number of para-hydroxylation sites is 1. The molecule has 0 aliphatic heterocycles. The van der Waals surface area contributed by atoms with Gasteiger partial charge in [-0.05, 0) is 13.0 Å². The summed E-state index contributed by atoms with van der Waals surface area (Å²) in [5.74, 6) is 0.403. The van der Waals surface area contributed by atoms with E-state index in [-0.39, 0.29) is 12.4 Å². The van der Waals surface area contributed by atoms with Crippen molar-refractivity contribution in [2.75, 3.05) is 13.7 Å². The number of methoxy groups -OCH3 is 1. The summed E-state index contributed by atoms with van der Waals surface area (Å²) in [6.45, 7) is 2.14. The van der Waals surface area contributed by atoms with Gasteiger partial charge in [0.05, 0.1) is 20.1 Å². The lowest BCUT2D eigenvalue weighted by Crippen LogP contribution is -2.17. The number of nitrogens with two attached hydrogens (primary N) is 1. The fourth-order valence-electron chi connectivity index (χ4n) is 1.48. The summed E-state index contributed by atoms with van der Waals surface area (Å²) in [6.07, 6.45) is 0.161. The first-order valence-corrected chi connectivity index (χ1v) is 5.23. The predicted molar refractivity (Wildman–Crippen MR) is 61.2 cm³/mol. The number of rotatable bonds is 5. The maximum atomic E-state index is 11.3. The number of benzene rings is 1.